The largest absolute Gasteiger partial charge is 0.457 e. The Balaban J connectivity index is 1.69. The maximum absolute atomic E-state index is 6.07. The van der Waals surface area contributed by atoms with E-state index in [0.29, 0.717) is 12.6 Å². The maximum Gasteiger partial charge on any atom is 0.127 e. The van der Waals surface area contributed by atoms with Crippen molar-refractivity contribution in [1.29, 1.82) is 0 Å². The van der Waals surface area contributed by atoms with Gasteiger partial charge in [-0.3, -0.25) is 4.90 Å². The Labute approximate surface area is 139 Å². The number of nitrogens with zero attached hydrogens (tertiary/aromatic N) is 1. The summed E-state index contributed by atoms with van der Waals surface area (Å²) >= 11 is 0. The summed E-state index contributed by atoms with van der Waals surface area (Å²) in [6, 6.07) is 18.6. The molecule has 3 heteroatoms. The molecule has 3 nitrogen and oxygen atoms in total. The van der Waals surface area contributed by atoms with Crippen LogP contribution in [0.4, 0.5) is 0 Å². The molecular weight excluding hydrogens is 284 g/mol. The van der Waals surface area contributed by atoms with Gasteiger partial charge in [-0.15, -0.1) is 0 Å². The number of ether oxygens (including phenoxy) is 1. The molecule has 1 aliphatic rings. The van der Waals surface area contributed by atoms with Gasteiger partial charge < -0.3 is 10.5 Å². The minimum atomic E-state index is 0.309. The monoisotopic (exact) mass is 310 g/mol. The molecule has 0 bridgehead atoms. The SMILES string of the molecule is CC1CCCN(C(CN)c2ccc(Oc3ccccc3)cc2)C1. The quantitative estimate of drug-likeness (QED) is 0.899. The van der Waals surface area contributed by atoms with E-state index in [1.165, 1.54) is 18.4 Å². The Bertz CT molecular complexity index is 597. The van der Waals surface area contributed by atoms with Crippen LogP contribution in [-0.2, 0) is 0 Å². The fourth-order valence-electron chi connectivity index (χ4n) is 3.39. The van der Waals surface area contributed by atoms with Crippen LogP contribution < -0.4 is 10.5 Å². The number of nitrogens with two attached hydrogens (primary N) is 1. The van der Waals surface area contributed by atoms with Gasteiger partial charge in [-0.1, -0.05) is 37.3 Å². The number of rotatable bonds is 5. The van der Waals surface area contributed by atoms with Gasteiger partial charge in [-0.2, -0.15) is 0 Å². The standard InChI is InChI=1S/C20H26N2O/c1-16-6-5-13-22(15-16)20(14-21)17-9-11-19(12-10-17)23-18-7-3-2-4-8-18/h2-4,7-12,16,20H,5-6,13-15,21H2,1H3. The van der Waals surface area contributed by atoms with E-state index in [4.69, 9.17) is 10.5 Å². The lowest BCUT2D eigenvalue weighted by atomic mass is 9.96. The molecule has 1 fully saturated rings. The van der Waals surface area contributed by atoms with Gasteiger partial charge in [0.2, 0.25) is 0 Å². The number of para-hydroxylation sites is 1. The number of piperidine rings is 1. The van der Waals surface area contributed by atoms with Crippen LogP contribution in [0.2, 0.25) is 0 Å². The van der Waals surface area contributed by atoms with Crippen LogP contribution in [0, 0.1) is 5.92 Å². The highest BCUT2D eigenvalue weighted by atomic mass is 16.5. The summed E-state index contributed by atoms with van der Waals surface area (Å²) in [6.45, 7) is 5.28. The van der Waals surface area contributed by atoms with Crippen LogP contribution in [-0.4, -0.2) is 24.5 Å². The van der Waals surface area contributed by atoms with E-state index in [1.807, 2.05) is 42.5 Å². The first kappa shape index (κ1) is 16.0. The summed E-state index contributed by atoms with van der Waals surface area (Å²) < 4.78 is 5.86. The highest BCUT2D eigenvalue weighted by molar-refractivity contribution is 5.34. The minimum absolute atomic E-state index is 0.309. The third-order valence-corrected chi connectivity index (χ3v) is 4.60. The summed E-state index contributed by atoms with van der Waals surface area (Å²) in [5.41, 5.74) is 7.35. The van der Waals surface area contributed by atoms with Crippen LogP contribution in [0.3, 0.4) is 0 Å². The Morgan fingerprint density at radius 1 is 1.09 bits per heavy atom. The van der Waals surface area contributed by atoms with E-state index in [-0.39, 0.29) is 0 Å². The lowest BCUT2D eigenvalue weighted by Gasteiger charge is -2.37. The number of hydrogen-bond donors (Lipinski definition) is 1. The normalized spacial score (nSPS) is 20.2. The van der Waals surface area contributed by atoms with Gasteiger partial charge in [0.25, 0.3) is 0 Å². The molecule has 2 unspecified atom stereocenters. The highest BCUT2D eigenvalue weighted by Crippen LogP contribution is 2.28. The van der Waals surface area contributed by atoms with E-state index in [1.54, 1.807) is 0 Å². The van der Waals surface area contributed by atoms with Crippen molar-refractivity contribution in [2.24, 2.45) is 11.7 Å². The molecule has 2 aromatic rings. The van der Waals surface area contributed by atoms with Gasteiger partial charge in [0, 0.05) is 19.1 Å². The van der Waals surface area contributed by atoms with E-state index in [2.05, 4.69) is 24.0 Å². The van der Waals surface area contributed by atoms with Crippen molar-refractivity contribution >= 4 is 0 Å². The molecule has 122 valence electrons. The second-order valence-corrected chi connectivity index (χ2v) is 6.48. The zero-order valence-electron chi connectivity index (χ0n) is 13.8. The fraction of sp³-hybridized carbons (Fsp3) is 0.400. The van der Waals surface area contributed by atoms with E-state index in [0.717, 1.165) is 30.5 Å². The molecular formula is C20H26N2O. The number of benzene rings is 2. The number of hydrogen-bond acceptors (Lipinski definition) is 3. The first-order chi connectivity index (χ1) is 11.3. The average Bonchev–Trinajstić information content (AvgIpc) is 2.58. The molecule has 0 amide bonds. The average molecular weight is 310 g/mol. The van der Waals surface area contributed by atoms with Gasteiger partial charge in [-0.25, -0.2) is 0 Å². The Morgan fingerprint density at radius 3 is 2.43 bits per heavy atom. The molecule has 0 radical (unpaired) electrons. The summed E-state index contributed by atoms with van der Waals surface area (Å²) in [7, 11) is 0. The van der Waals surface area contributed by atoms with Crippen LogP contribution >= 0.6 is 0 Å². The van der Waals surface area contributed by atoms with Crippen molar-refractivity contribution < 1.29 is 4.74 Å². The first-order valence-electron chi connectivity index (χ1n) is 8.53. The van der Waals surface area contributed by atoms with Crippen molar-refractivity contribution in [3.63, 3.8) is 0 Å². The summed E-state index contributed by atoms with van der Waals surface area (Å²) in [4.78, 5) is 2.53. The second kappa shape index (κ2) is 7.62. The third-order valence-electron chi connectivity index (χ3n) is 4.60. The third kappa shape index (κ3) is 4.12. The molecule has 23 heavy (non-hydrogen) atoms. The molecule has 1 aliphatic heterocycles. The van der Waals surface area contributed by atoms with Gasteiger partial charge in [0.05, 0.1) is 0 Å². The molecule has 3 rings (SSSR count). The molecule has 0 spiro atoms. The Morgan fingerprint density at radius 2 is 1.78 bits per heavy atom. The van der Waals surface area contributed by atoms with E-state index in [9.17, 15) is 0 Å². The van der Waals surface area contributed by atoms with E-state index < -0.39 is 0 Å². The molecule has 0 aliphatic carbocycles. The summed E-state index contributed by atoms with van der Waals surface area (Å²) in [6.07, 6.45) is 2.60. The zero-order valence-corrected chi connectivity index (χ0v) is 13.8. The fourth-order valence-corrected chi connectivity index (χ4v) is 3.39. The molecule has 2 aromatic carbocycles. The molecule has 2 N–H and O–H groups in total. The smallest absolute Gasteiger partial charge is 0.127 e. The van der Waals surface area contributed by atoms with Gasteiger partial charge in [0.1, 0.15) is 11.5 Å². The molecule has 1 heterocycles. The van der Waals surface area contributed by atoms with Crippen LogP contribution in [0.15, 0.2) is 54.6 Å². The Kier molecular flexibility index (Phi) is 5.31. The first-order valence-corrected chi connectivity index (χ1v) is 8.53. The summed E-state index contributed by atoms with van der Waals surface area (Å²) in [5, 5.41) is 0. The molecule has 2 atom stereocenters. The Hall–Kier alpha value is -1.84. The second-order valence-electron chi connectivity index (χ2n) is 6.48. The zero-order chi connectivity index (χ0) is 16.1. The predicted octanol–water partition coefficient (Wildman–Crippen LogP) is 4.21. The van der Waals surface area contributed by atoms with E-state index >= 15 is 0 Å². The molecule has 0 aromatic heterocycles. The van der Waals surface area contributed by atoms with Crippen LogP contribution in [0.1, 0.15) is 31.4 Å². The van der Waals surface area contributed by atoms with Crippen molar-refractivity contribution in [1.82, 2.24) is 4.90 Å². The number of likely N-dealkylation sites (tertiary alicyclic amines) is 1. The molecule has 1 saturated heterocycles. The lowest BCUT2D eigenvalue weighted by molar-refractivity contribution is 0.133. The minimum Gasteiger partial charge on any atom is -0.457 e. The summed E-state index contributed by atoms with van der Waals surface area (Å²) in [5.74, 6) is 2.49. The van der Waals surface area contributed by atoms with Crippen molar-refractivity contribution in [2.75, 3.05) is 19.6 Å². The van der Waals surface area contributed by atoms with Gasteiger partial charge in [-0.05, 0) is 55.1 Å². The van der Waals surface area contributed by atoms with Crippen molar-refractivity contribution in [3.05, 3.63) is 60.2 Å². The van der Waals surface area contributed by atoms with Gasteiger partial charge >= 0.3 is 0 Å². The van der Waals surface area contributed by atoms with Crippen molar-refractivity contribution in [2.45, 2.75) is 25.8 Å². The predicted molar refractivity (Wildman–Crippen MR) is 94.7 cm³/mol. The van der Waals surface area contributed by atoms with Crippen LogP contribution in [0.25, 0.3) is 0 Å². The lowest BCUT2D eigenvalue weighted by Crippen LogP contribution is -2.40. The maximum atomic E-state index is 6.07. The van der Waals surface area contributed by atoms with Crippen LogP contribution in [0.5, 0.6) is 11.5 Å². The topological polar surface area (TPSA) is 38.5 Å². The van der Waals surface area contributed by atoms with Crippen molar-refractivity contribution in [3.8, 4) is 11.5 Å². The van der Waals surface area contributed by atoms with Gasteiger partial charge in [0.15, 0.2) is 0 Å². The highest BCUT2D eigenvalue weighted by Gasteiger charge is 2.24. The molecule has 0 saturated carbocycles.